The molecule has 1 saturated carbocycles. The van der Waals surface area contributed by atoms with E-state index in [1.165, 1.54) is 12.3 Å². The Hall–Kier alpha value is -3.99. The monoisotopic (exact) mass is 662 g/mol. The summed E-state index contributed by atoms with van der Waals surface area (Å²) in [4.78, 5) is 38.8. The zero-order valence-electron chi connectivity index (χ0n) is 28.0. The Kier molecular flexibility index (Phi) is 10.2. The molecule has 1 N–H and O–H groups in total. The van der Waals surface area contributed by atoms with Gasteiger partial charge in [0, 0.05) is 43.8 Å². The number of carbonyl (C=O) groups is 2. The maximum atomic E-state index is 14.3. The van der Waals surface area contributed by atoms with Crippen molar-refractivity contribution in [2.75, 3.05) is 42.3 Å². The Balaban J connectivity index is 1.32. The molecule has 2 aliphatic rings. The Labute approximate surface area is 278 Å². The number of aryl methyl sites for hydroxylation is 1. The van der Waals surface area contributed by atoms with Gasteiger partial charge in [0.05, 0.1) is 29.2 Å². The van der Waals surface area contributed by atoms with Gasteiger partial charge in [-0.1, -0.05) is 26.8 Å². The van der Waals surface area contributed by atoms with E-state index in [9.17, 15) is 23.1 Å². The molecular weight excluding hydrogens is 616 g/mol. The predicted octanol–water partition coefficient (Wildman–Crippen LogP) is 6.15. The number of rotatable bonds is 12. The van der Waals surface area contributed by atoms with Gasteiger partial charge in [-0.15, -0.1) is 0 Å². The molecule has 1 saturated heterocycles. The van der Waals surface area contributed by atoms with E-state index in [0.717, 1.165) is 36.9 Å². The molecule has 2 fully saturated rings. The topological polar surface area (TPSA) is 130 Å². The number of carboxylic acid groups (broad SMARTS) is 1. The fourth-order valence-corrected chi connectivity index (χ4v) is 6.90. The van der Waals surface area contributed by atoms with E-state index in [1.54, 1.807) is 23.2 Å². The van der Waals surface area contributed by atoms with Crippen LogP contribution in [-0.4, -0.2) is 67.9 Å². The lowest BCUT2D eigenvalue weighted by atomic mass is 9.92. The van der Waals surface area contributed by atoms with E-state index in [0.29, 0.717) is 55.1 Å². The van der Waals surface area contributed by atoms with Crippen LogP contribution in [0.3, 0.4) is 0 Å². The normalized spacial score (nSPS) is 16.5. The van der Waals surface area contributed by atoms with Gasteiger partial charge in [-0.3, -0.25) is 14.5 Å². The van der Waals surface area contributed by atoms with Gasteiger partial charge in [0.25, 0.3) is 5.91 Å². The van der Waals surface area contributed by atoms with Crippen molar-refractivity contribution in [2.45, 2.75) is 70.6 Å². The molecule has 0 spiro atoms. The van der Waals surface area contributed by atoms with Gasteiger partial charge in [-0.05, 0) is 97.7 Å². The molecule has 3 aromatic rings. The maximum Gasteiger partial charge on any atom is 0.303 e. The molecule has 1 atom stereocenters. The Bertz CT molecular complexity index is 1710. The van der Waals surface area contributed by atoms with Crippen LogP contribution in [-0.2, 0) is 14.6 Å². The number of benzene rings is 1. The fourth-order valence-electron chi connectivity index (χ4n) is 6.26. The number of anilines is 2. The summed E-state index contributed by atoms with van der Waals surface area (Å²) in [6, 6.07) is 14.1. The summed E-state index contributed by atoms with van der Waals surface area (Å²) in [5.41, 5.74) is 2.58. The number of aromatic nitrogens is 2. The van der Waals surface area contributed by atoms with Crippen LogP contribution in [0.15, 0.2) is 59.6 Å². The highest BCUT2D eigenvalue weighted by molar-refractivity contribution is 7.90. The first-order chi connectivity index (χ1) is 22.2. The summed E-state index contributed by atoms with van der Waals surface area (Å²) in [6.45, 7) is 10.2. The minimum Gasteiger partial charge on any atom is -0.481 e. The number of carbonyl (C=O) groups excluding carboxylic acids is 1. The van der Waals surface area contributed by atoms with Crippen molar-refractivity contribution >= 4 is 33.2 Å². The second kappa shape index (κ2) is 14.0. The van der Waals surface area contributed by atoms with Crippen molar-refractivity contribution in [3.63, 3.8) is 0 Å². The molecule has 1 unspecified atom stereocenters. The third-order valence-corrected chi connectivity index (χ3v) is 9.96. The first-order valence-electron chi connectivity index (χ1n) is 16.3. The van der Waals surface area contributed by atoms with E-state index in [4.69, 9.17) is 4.74 Å². The number of carboxylic acids is 1. The highest BCUT2D eigenvalue weighted by Gasteiger charge is 2.34. The number of amides is 1. The predicted molar refractivity (Wildman–Crippen MR) is 182 cm³/mol. The SMILES string of the molecule is Cc1cccc(N(CC(C)(C)C)C(=O)c2ccc(S(C)(=O)=O)cc2N2CCC(COc3cc(C(CC(=O)O)C4CC4)ccn3)CC2)n1. The molecule has 0 radical (unpaired) electrons. The maximum absolute atomic E-state index is 14.3. The standard InChI is InChI=1S/C36H46N4O6S/c1-24-7-6-8-32(38-24)40(23-36(2,3)4)35(43)29-12-11-28(47(5,44)45)20-31(29)39-17-14-25(15-18-39)22-46-33-19-27(13-16-37-33)30(21-34(41)42)26-9-10-26/h6-8,11-13,16,19-20,25-26,30H,9-10,14-15,17-18,21-23H2,1-5H3,(H,41,42). The summed E-state index contributed by atoms with van der Waals surface area (Å²) in [7, 11) is -3.50. The molecule has 252 valence electrons. The van der Waals surface area contributed by atoms with Crippen molar-refractivity contribution in [1.29, 1.82) is 0 Å². The smallest absolute Gasteiger partial charge is 0.303 e. The van der Waals surface area contributed by atoms with Crippen molar-refractivity contribution in [3.8, 4) is 5.88 Å². The third kappa shape index (κ3) is 9.09. The molecule has 1 aromatic carbocycles. The van der Waals surface area contributed by atoms with Crippen molar-refractivity contribution in [3.05, 3.63) is 71.5 Å². The van der Waals surface area contributed by atoms with Gasteiger partial charge in [-0.25, -0.2) is 18.4 Å². The summed E-state index contributed by atoms with van der Waals surface area (Å²) in [5.74, 6) is 0.645. The molecule has 0 bridgehead atoms. The number of sulfone groups is 1. The molecule has 10 nitrogen and oxygen atoms in total. The minimum atomic E-state index is -3.50. The average molecular weight is 663 g/mol. The number of pyridine rings is 2. The molecule has 1 amide bonds. The molecular formula is C36H46N4O6S. The van der Waals surface area contributed by atoms with Crippen LogP contribution < -0.4 is 14.5 Å². The highest BCUT2D eigenvalue weighted by Crippen LogP contribution is 2.45. The molecule has 11 heteroatoms. The quantitative estimate of drug-likeness (QED) is 0.243. The van der Waals surface area contributed by atoms with E-state index in [-0.39, 0.29) is 34.5 Å². The molecule has 3 heterocycles. The molecule has 2 aromatic heterocycles. The minimum absolute atomic E-state index is 0.0262. The third-order valence-electron chi connectivity index (χ3n) is 8.85. The van der Waals surface area contributed by atoms with Crippen LogP contribution in [0.5, 0.6) is 5.88 Å². The van der Waals surface area contributed by atoms with Gasteiger partial charge < -0.3 is 14.7 Å². The van der Waals surface area contributed by atoms with Crippen molar-refractivity contribution < 1.29 is 27.9 Å². The van der Waals surface area contributed by atoms with Gasteiger partial charge in [0.2, 0.25) is 5.88 Å². The van der Waals surface area contributed by atoms with Gasteiger partial charge in [-0.2, -0.15) is 0 Å². The Morgan fingerprint density at radius 3 is 2.40 bits per heavy atom. The fraction of sp³-hybridized carbons (Fsp3) is 0.500. The average Bonchev–Trinajstić information content (AvgIpc) is 3.86. The number of piperidine rings is 1. The molecule has 1 aliphatic carbocycles. The van der Waals surface area contributed by atoms with Crippen molar-refractivity contribution in [1.82, 2.24) is 9.97 Å². The van der Waals surface area contributed by atoms with Crippen LogP contribution >= 0.6 is 0 Å². The summed E-state index contributed by atoms with van der Waals surface area (Å²) in [5, 5.41) is 9.40. The van der Waals surface area contributed by atoms with Crippen LogP contribution in [0.2, 0.25) is 0 Å². The second-order valence-corrected chi connectivity index (χ2v) is 16.3. The van der Waals surface area contributed by atoms with E-state index < -0.39 is 15.8 Å². The number of hydrogen-bond donors (Lipinski definition) is 1. The molecule has 47 heavy (non-hydrogen) atoms. The number of aliphatic carboxylic acids is 1. The van der Waals surface area contributed by atoms with Crippen molar-refractivity contribution in [2.24, 2.45) is 17.3 Å². The van der Waals surface area contributed by atoms with Crippen LogP contribution in [0.4, 0.5) is 11.5 Å². The lowest BCUT2D eigenvalue weighted by Gasteiger charge is -2.36. The summed E-state index contributed by atoms with van der Waals surface area (Å²) < 4.78 is 31.3. The lowest BCUT2D eigenvalue weighted by molar-refractivity contribution is -0.137. The second-order valence-electron chi connectivity index (χ2n) is 14.3. The van der Waals surface area contributed by atoms with Gasteiger partial charge >= 0.3 is 5.97 Å². The van der Waals surface area contributed by atoms with E-state index in [1.807, 2.05) is 37.3 Å². The molecule has 1 aliphatic heterocycles. The highest BCUT2D eigenvalue weighted by atomic mass is 32.2. The first kappa shape index (κ1) is 34.3. The van der Waals surface area contributed by atoms with E-state index in [2.05, 4.69) is 35.6 Å². The van der Waals surface area contributed by atoms with E-state index >= 15 is 0 Å². The van der Waals surface area contributed by atoms with Crippen LogP contribution in [0, 0.1) is 24.2 Å². The van der Waals surface area contributed by atoms with Crippen LogP contribution in [0.25, 0.3) is 0 Å². The summed E-state index contributed by atoms with van der Waals surface area (Å²) >= 11 is 0. The molecule has 5 rings (SSSR count). The number of hydrogen-bond acceptors (Lipinski definition) is 8. The van der Waals surface area contributed by atoms with Gasteiger partial charge in [0.15, 0.2) is 9.84 Å². The zero-order chi connectivity index (χ0) is 33.9. The number of nitrogens with zero attached hydrogens (tertiary/aromatic N) is 4. The first-order valence-corrected chi connectivity index (χ1v) is 18.2. The van der Waals surface area contributed by atoms with Crippen LogP contribution in [0.1, 0.15) is 80.4 Å². The lowest BCUT2D eigenvalue weighted by Crippen LogP contribution is -2.41. The summed E-state index contributed by atoms with van der Waals surface area (Å²) in [6.07, 6.45) is 6.63. The Morgan fingerprint density at radius 1 is 1.06 bits per heavy atom. The largest absolute Gasteiger partial charge is 0.481 e. The Morgan fingerprint density at radius 2 is 1.79 bits per heavy atom. The zero-order valence-corrected chi connectivity index (χ0v) is 28.8. The number of ether oxygens (including phenoxy) is 1. The van der Waals surface area contributed by atoms with Gasteiger partial charge in [0.1, 0.15) is 5.82 Å².